The van der Waals surface area contributed by atoms with Gasteiger partial charge in [-0.25, -0.2) is 0 Å². The van der Waals surface area contributed by atoms with Crippen LogP contribution in [0.4, 0.5) is 0 Å². The number of nitrogens with zero attached hydrogens (tertiary/aromatic N) is 1. The van der Waals surface area contributed by atoms with E-state index >= 15 is 0 Å². The molecule has 0 unspecified atom stereocenters. The molecule has 3 nitrogen and oxygen atoms in total. The summed E-state index contributed by atoms with van der Waals surface area (Å²) in [7, 11) is 0. The van der Waals surface area contributed by atoms with Crippen molar-refractivity contribution in [2.75, 3.05) is 13.1 Å². The fraction of sp³-hybridized carbons (Fsp3) is 0.500. The van der Waals surface area contributed by atoms with E-state index in [2.05, 4.69) is 24.2 Å². The molecule has 1 aromatic rings. The van der Waals surface area contributed by atoms with Crippen LogP contribution >= 0.6 is 12.4 Å². The van der Waals surface area contributed by atoms with Crippen LogP contribution in [0, 0.1) is 27.7 Å². The Labute approximate surface area is 115 Å². The van der Waals surface area contributed by atoms with Gasteiger partial charge in [0.1, 0.15) is 11.6 Å². The molecule has 0 bridgehead atoms. The van der Waals surface area contributed by atoms with Gasteiger partial charge in [-0.2, -0.15) is 0 Å². The number of phenols is 1. The van der Waals surface area contributed by atoms with E-state index in [1.54, 1.807) is 0 Å². The van der Waals surface area contributed by atoms with Crippen LogP contribution in [0.15, 0.2) is 4.99 Å². The normalized spacial score (nSPS) is 13.9. The Morgan fingerprint density at radius 2 is 1.61 bits per heavy atom. The van der Waals surface area contributed by atoms with E-state index in [-0.39, 0.29) is 12.4 Å². The molecule has 0 atom stereocenters. The molecular weight excluding hydrogens is 248 g/mol. The maximum atomic E-state index is 10.0. The van der Waals surface area contributed by atoms with Crippen LogP contribution in [0.25, 0.3) is 0 Å². The number of halogens is 1. The molecule has 4 heteroatoms. The van der Waals surface area contributed by atoms with Crippen molar-refractivity contribution < 1.29 is 5.11 Å². The highest BCUT2D eigenvalue weighted by Crippen LogP contribution is 2.31. The van der Waals surface area contributed by atoms with Crippen molar-refractivity contribution in [3.05, 3.63) is 27.8 Å². The predicted octanol–water partition coefficient (Wildman–Crippen LogP) is 2.59. The van der Waals surface area contributed by atoms with Gasteiger partial charge in [0.25, 0.3) is 0 Å². The first-order chi connectivity index (χ1) is 8.02. The van der Waals surface area contributed by atoms with Gasteiger partial charge in [-0.3, -0.25) is 4.99 Å². The van der Waals surface area contributed by atoms with Gasteiger partial charge in [-0.05, 0) is 55.5 Å². The van der Waals surface area contributed by atoms with E-state index in [0.29, 0.717) is 5.75 Å². The Bertz CT molecular complexity index is 466. The molecule has 0 saturated carbocycles. The Hall–Kier alpha value is -1.22. The minimum Gasteiger partial charge on any atom is -0.507 e. The summed E-state index contributed by atoms with van der Waals surface area (Å²) in [4.78, 5) is 4.44. The SMILES string of the molecule is Cc1c(C)c(CC2=NCCN2)c(C)c(C)c1O.Cl. The molecule has 18 heavy (non-hydrogen) atoms. The molecule has 0 spiro atoms. The quantitative estimate of drug-likeness (QED) is 0.866. The average molecular weight is 269 g/mol. The first kappa shape index (κ1) is 14.8. The zero-order valence-electron chi connectivity index (χ0n) is 11.4. The number of aromatic hydroxyl groups is 1. The van der Waals surface area contributed by atoms with E-state index in [1.165, 1.54) is 16.7 Å². The molecule has 0 saturated heterocycles. The molecule has 0 radical (unpaired) electrons. The number of nitrogens with one attached hydrogen (secondary N) is 1. The van der Waals surface area contributed by atoms with Gasteiger partial charge in [0.05, 0.1) is 6.54 Å². The Morgan fingerprint density at radius 3 is 2.06 bits per heavy atom. The number of benzene rings is 1. The van der Waals surface area contributed by atoms with Gasteiger partial charge in [-0.15, -0.1) is 12.4 Å². The van der Waals surface area contributed by atoms with Gasteiger partial charge in [0.2, 0.25) is 0 Å². The second kappa shape index (κ2) is 5.61. The summed E-state index contributed by atoms with van der Waals surface area (Å²) in [6.45, 7) is 9.93. The monoisotopic (exact) mass is 268 g/mol. The third-order valence-corrected chi connectivity index (χ3v) is 3.83. The molecule has 2 N–H and O–H groups in total. The summed E-state index contributed by atoms with van der Waals surface area (Å²) < 4.78 is 0. The van der Waals surface area contributed by atoms with E-state index in [4.69, 9.17) is 0 Å². The Balaban J connectivity index is 0.00000162. The van der Waals surface area contributed by atoms with Gasteiger partial charge in [0, 0.05) is 13.0 Å². The third kappa shape index (κ3) is 2.46. The first-order valence-corrected chi connectivity index (χ1v) is 6.07. The topological polar surface area (TPSA) is 44.6 Å². The van der Waals surface area contributed by atoms with Gasteiger partial charge < -0.3 is 10.4 Å². The summed E-state index contributed by atoms with van der Waals surface area (Å²) >= 11 is 0. The molecule has 1 aliphatic heterocycles. The molecule has 1 aromatic carbocycles. The van der Waals surface area contributed by atoms with Gasteiger partial charge in [-0.1, -0.05) is 0 Å². The second-order valence-corrected chi connectivity index (χ2v) is 4.76. The molecule has 0 aromatic heterocycles. The van der Waals surface area contributed by atoms with Crippen molar-refractivity contribution in [3.8, 4) is 5.75 Å². The van der Waals surface area contributed by atoms with Crippen molar-refractivity contribution >= 4 is 18.2 Å². The maximum Gasteiger partial charge on any atom is 0.121 e. The van der Waals surface area contributed by atoms with E-state index in [1.807, 2.05) is 13.8 Å². The number of phenolic OH excluding ortho intramolecular Hbond substituents is 1. The lowest BCUT2D eigenvalue weighted by atomic mass is 9.91. The zero-order chi connectivity index (χ0) is 12.6. The largest absolute Gasteiger partial charge is 0.507 e. The summed E-state index contributed by atoms with van der Waals surface area (Å²) in [6, 6.07) is 0. The number of hydrogen-bond acceptors (Lipinski definition) is 3. The number of rotatable bonds is 2. The number of aliphatic imine (C=N–C) groups is 1. The fourth-order valence-corrected chi connectivity index (χ4v) is 2.37. The smallest absolute Gasteiger partial charge is 0.121 e. The van der Waals surface area contributed by atoms with Crippen LogP contribution in [-0.4, -0.2) is 24.0 Å². The van der Waals surface area contributed by atoms with Crippen LogP contribution in [0.2, 0.25) is 0 Å². The zero-order valence-corrected chi connectivity index (χ0v) is 12.2. The van der Waals surface area contributed by atoms with Crippen LogP contribution in [0.5, 0.6) is 5.75 Å². The molecule has 0 aliphatic carbocycles. The Kier molecular flexibility index (Phi) is 4.63. The second-order valence-electron chi connectivity index (χ2n) is 4.76. The van der Waals surface area contributed by atoms with Crippen molar-refractivity contribution in [2.45, 2.75) is 34.1 Å². The number of hydrogen-bond donors (Lipinski definition) is 2. The van der Waals surface area contributed by atoms with Gasteiger partial charge >= 0.3 is 0 Å². The fourth-order valence-electron chi connectivity index (χ4n) is 2.37. The summed E-state index contributed by atoms with van der Waals surface area (Å²) in [5.74, 6) is 1.51. The summed E-state index contributed by atoms with van der Waals surface area (Å²) in [6.07, 6.45) is 0.847. The Morgan fingerprint density at radius 1 is 1.06 bits per heavy atom. The molecule has 0 amide bonds. The minimum atomic E-state index is 0. The standard InChI is InChI=1S/C14H20N2O.ClH/c1-8-10(3)14(17)11(4)9(2)12(8)7-13-15-5-6-16-13;/h17H,5-7H2,1-4H3,(H,15,16);1H. The van der Waals surface area contributed by atoms with E-state index < -0.39 is 0 Å². The van der Waals surface area contributed by atoms with Crippen LogP contribution < -0.4 is 5.32 Å². The van der Waals surface area contributed by atoms with Crippen molar-refractivity contribution in [1.82, 2.24) is 5.32 Å². The number of amidine groups is 1. The van der Waals surface area contributed by atoms with Gasteiger partial charge in [0.15, 0.2) is 0 Å². The maximum absolute atomic E-state index is 10.0. The highest BCUT2D eigenvalue weighted by molar-refractivity contribution is 5.86. The third-order valence-electron chi connectivity index (χ3n) is 3.83. The highest BCUT2D eigenvalue weighted by Gasteiger charge is 2.16. The van der Waals surface area contributed by atoms with Crippen molar-refractivity contribution in [2.24, 2.45) is 4.99 Å². The van der Waals surface area contributed by atoms with Crippen molar-refractivity contribution in [1.29, 1.82) is 0 Å². The lowest BCUT2D eigenvalue weighted by molar-refractivity contribution is 0.465. The van der Waals surface area contributed by atoms with Crippen molar-refractivity contribution in [3.63, 3.8) is 0 Å². The van der Waals surface area contributed by atoms with Crippen LogP contribution in [0.1, 0.15) is 27.8 Å². The lowest BCUT2D eigenvalue weighted by Gasteiger charge is -2.17. The predicted molar refractivity (Wildman–Crippen MR) is 78.3 cm³/mol. The average Bonchev–Trinajstić information content (AvgIpc) is 2.82. The van der Waals surface area contributed by atoms with E-state index in [0.717, 1.165) is 36.5 Å². The summed E-state index contributed by atoms with van der Waals surface area (Å²) in [5, 5.41) is 13.3. The van der Waals surface area contributed by atoms with E-state index in [9.17, 15) is 5.11 Å². The molecule has 1 aliphatic rings. The lowest BCUT2D eigenvalue weighted by Crippen LogP contribution is -2.21. The molecule has 2 rings (SSSR count). The molecule has 1 heterocycles. The molecule has 100 valence electrons. The highest BCUT2D eigenvalue weighted by atomic mass is 35.5. The summed E-state index contributed by atoms with van der Waals surface area (Å²) in [5.41, 5.74) is 5.64. The van der Waals surface area contributed by atoms with Crippen LogP contribution in [-0.2, 0) is 6.42 Å². The molecule has 0 fully saturated rings. The molecular formula is C14H21ClN2O. The first-order valence-electron chi connectivity index (χ1n) is 6.07. The van der Waals surface area contributed by atoms with Crippen LogP contribution in [0.3, 0.4) is 0 Å². The minimum absolute atomic E-state index is 0.